The first-order valence-electron chi connectivity index (χ1n) is 6.15. The number of furan rings is 1. The number of aromatic amines is 1. The number of aryl methyl sites for hydroxylation is 1. The van der Waals surface area contributed by atoms with Crippen molar-refractivity contribution in [3.8, 4) is 23.1 Å². The smallest absolute Gasteiger partial charge is 0.174 e. The highest BCUT2D eigenvalue weighted by molar-refractivity contribution is 5.82. The number of rotatable bonds is 1. The highest BCUT2D eigenvalue weighted by Crippen LogP contribution is 2.35. The van der Waals surface area contributed by atoms with Gasteiger partial charge in [0.1, 0.15) is 13.2 Å². The van der Waals surface area contributed by atoms with Gasteiger partial charge in [0.05, 0.1) is 17.3 Å². The molecule has 96 valence electrons. The number of imidazole rings is 1. The molecule has 19 heavy (non-hydrogen) atoms. The lowest BCUT2D eigenvalue weighted by Gasteiger charge is -2.17. The Labute approximate surface area is 109 Å². The number of fused-ring (bicyclic) bond motifs is 2. The molecular weight excluding hydrogens is 244 g/mol. The van der Waals surface area contributed by atoms with Crippen molar-refractivity contribution < 1.29 is 13.9 Å². The Bertz CT molecular complexity index is 714. The quantitative estimate of drug-likeness (QED) is 0.727. The molecule has 0 unspecified atom stereocenters. The Morgan fingerprint density at radius 1 is 1.16 bits per heavy atom. The molecule has 3 heterocycles. The zero-order chi connectivity index (χ0) is 12.8. The van der Waals surface area contributed by atoms with Crippen LogP contribution in [0.5, 0.6) is 11.5 Å². The molecule has 1 aromatic carbocycles. The Kier molecular flexibility index (Phi) is 2.09. The summed E-state index contributed by atoms with van der Waals surface area (Å²) in [5.41, 5.74) is 2.81. The van der Waals surface area contributed by atoms with Crippen molar-refractivity contribution in [3.05, 3.63) is 30.0 Å². The SMILES string of the molecule is Cc1ccoc1-c1nc2cc3c(cc2[nH]1)OCCO3. The van der Waals surface area contributed by atoms with Crippen LogP contribution in [-0.2, 0) is 0 Å². The lowest BCUT2D eigenvalue weighted by molar-refractivity contribution is 0.172. The first kappa shape index (κ1) is 10.5. The van der Waals surface area contributed by atoms with E-state index in [1.54, 1.807) is 6.26 Å². The van der Waals surface area contributed by atoms with Crippen LogP contribution in [0, 0.1) is 6.92 Å². The van der Waals surface area contributed by atoms with E-state index in [1.165, 1.54) is 0 Å². The molecular formula is C14H12N2O3. The summed E-state index contributed by atoms with van der Waals surface area (Å²) >= 11 is 0. The summed E-state index contributed by atoms with van der Waals surface area (Å²) in [5, 5.41) is 0. The maximum atomic E-state index is 5.56. The van der Waals surface area contributed by atoms with E-state index in [2.05, 4.69) is 9.97 Å². The second kappa shape index (κ2) is 3.78. The van der Waals surface area contributed by atoms with E-state index in [4.69, 9.17) is 13.9 Å². The van der Waals surface area contributed by atoms with Crippen molar-refractivity contribution in [2.24, 2.45) is 0 Å². The lowest BCUT2D eigenvalue weighted by Crippen LogP contribution is -2.15. The molecule has 0 fully saturated rings. The third kappa shape index (κ3) is 1.58. The van der Waals surface area contributed by atoms with Crippen LogP contribution < -0.4 is 9.47 Å². The highest BCUT2D eigenvalue weighted by atomic mass is 16.6. The van der Waals surface area contributed by atoms with Crippen LogP contribution in [0.15, 0.2) is 28.9 Å². The number of hydrogen-bond donors (Lipinski definition) is 1. The van der Waals surface area contributed by atoms with Gasteiger partial charge in [-0.25, -0.2) is 4.98 Å². The number of ether oxygens (including phenoxy) is 2. The molecule has 0 saturated heterocycles. The van der Waals surface area contributed by atoms with E-state index < -0.39 is 0 Å². The summed E-state index contributed by atoms with van der Waals surface area (Å²) in [7, 11) is 0. The number of nitrogens with one attached hydrogen (secondary N) is 1. The minimum absolute atomic E-state index is 0.576. The normalized spacial score (nSPS) is 13.9. The summed E-state index contributed by atoms with van der Waals surface area (Å²) in [6.45, 7) is 3.15. The van der Waals surface area contributed by atoms with Gasteiger partial charge in [-0.3, -0.25) is 0 Å². The largest absolute Gasteiger partial charge is 0.486 e. The molecule has 1 aliphatic rings. The second-order valence-electron chi connectivity index (χ2n) is 4.53. The molecule has 0 saturated carbocycles. The fraction of sp³-hybridized carbons (Fsp3) is 0.214. The van der Waals surface area contributed by atoms with Crippen molar-refractivity contribution in [2.45, 2.75) is 6.92 Å². The standard InChI is InChI=1S/C14H12N2O3/c1-8-2-3-19-13(8)14-15-9-6-11-12(7-10(9)16-14)18-5-4-17-11/h2-3,6-7H,4-5H2,1H3,(H,15,16). The Morgan fingerprint density at radius 2 is 1.95 bits per heavy atom. The van der Waals surface area contributed by atoms with Gasteiger partial charge in [-0.1, -0.05) is 0 Å². The van der Waals surface area contributed by atoms with Gasteiger partial charge in [-0.05, 0) is 18.6 Å². The zero-order valence-corrected chi connectivity index (χ0v) is 10.4. The fourth-order valence-electron chi connectivity index (χ4n) is 2.27. The molecule has 1 N–H and O–H groups in total. The zero-order valence-electron chi connectivity index (χ0n) is 10.4. The maximum absolute atomic E-state index is 5.56. The number of nitrogens with zero attached hydrogens (tertiary/aromatic N) is 1. The molecule has 1 aliphatic heterocycles. The molecule has 3 aromatic rings. The Balaban J connectivity index is 1.90. The first-order chi connectivity index (χ1) is 9.31. The van der Waals surface area contributed by atoms with Crippen LogP contribution in [0.25, 0.3) is 22.6 Å². The average molecular weight is 256 g/mol. The van der Waals surface area contributed by atoms with Gasteiger partial charge in [0.2, 0.25) is 0 Å². The molecule has 0 radical (unpaired) electrons. The van der Waals surface area contributed by atoms with Gasteiger partial charge in [0.25, 0.3) is 0 Å². The van der Waals surface area contributed by atoms with Gasteiger partial charge >= 0.3 is 0 Å². The monoisotopic (exact) mass is 256 g/mol. The first-order valence-corrected chi connectivity index (χ1v) is 6.15. The van der Waals surface area contributed by atoms with Crippen molar-refractivity contribution in [2.75, 3.05) is 13.2 Å². The average Bonchev–Trinajstić information content (AvgIpc) is 3.01. The van der Waals surface area contributed by atoms with Crippen LogP contribution in [-0.4, -0.2) is 23.2 Å². The lowest BCUT2D eigenvalue weighted by atomic mass is 10.2. The molecule has 5 nitrogen and oxygen atoms in total. The van der Waals surface area contributed by atoms with E-state index in [9.17, 15) is 0 Å². The van der Waals surface area contributed by atoms with Gasteiger partial charge in [-0.2, -0.15) is 0 Å². The van der Waals surface area contributed by atoms with Crippen molar-refractivity contribution in [1.82, 2.24) is 9.97 Å². The predicted octanol–water partition coefficient (Wildman–Crippen LogP) is 2.90. The minimum Gasteiger partial charge on any atom is -0.486 e. The number of hydrogen-bond acceptors (Lipinski definition) is 4. The van der Waals surface area contributed by atoms with Crippen LogP contribution in [0.4, 0.5) is 0 Å². The molecule has 5 heteroatoms. The van der Waals surface area contributed by atoms with Crippen LogP contribution in [0.2, 0.25) is 0 Å². The van der Waals surface area contributed by atoms with Gasteiger partial charge in [0, 0.05) is 12.1 Å². The van der Waals surface area contributed by atoms with Crippen molar-refractivity contribution in [3.63, 3.8) is 0 Å². The summed E-state index contributed by atoms with van der Waals surface area (Å²) < 4.78 is 16.6. The van der Waals surface area contributed by atoms with Crippen molar-refractivity contribution >= 4 is 11.0 Å². The number of H-pyrrole nitrogens is 1. The topological polar surface area (TPSA) is 60.3 Å². The van der Waals surface area contributed by atoms with Gasteiger partial charge < -0.3 is 18.9 Å². The summed E-state index contributed by atoms with van der Waals surface area (Å²) in [6, 6.07) is 5.72. The van der Waals surface area contributed by atoms with Crippen LogP contribution in [0.3, 0.4) is 0 Å². The second-order valence-corrected chi connectivity index (χ2v) is 4.53. The molecule has 0 bridgehead atoms. The molecule has 0 aliphatic carbocycles. The predicted molar refractivity (Wildman–Crippen MR) is 69.5 cm³/mol. The molecule has 0 atom stereocenters. The molecule has 0 amide bonds. The fourth-order valence-corrected chi connectivity index (χ4v) is 2.27. The summed E-state index contributed by atoms with van der Waals surface area (Å²) in [5.74, 6) is 2.98. The van der Waals surface area contributed by atoms with E-state index in [1.807, 2.05) is 25.1 Å². The molecule has 2 aromatic heterocycles. The summed E-state index contributed by atoms with van der Waals surface area (Å²) in [6.07, 6.45) is 1.66. The highest BCUT2D eigenvalue weighted by Gasteiger charge is 2.16. The van der Waals surface area contributed by atoms with Crippen LogP contribution in [0.1, 0.15) is 5.56 Å². The Morgan fingerprint density at radius 3 is 2.68 bits per heavy atom. The summed E-state index contributed by atoms with van der Waals surface area (Å²) in [4.78, 5) is 7.79. The van der Waals surface area contributed by atoms with E-state index >= 15 is 0 Å². The van der Waals surface area contributed by atoms with E-state index in [-0.39, 0.29) is 0 Å². The van der Waals surface area contributed by atoms with Crippen molar-refractivity contribution in [1.29, 1.82) is 0 Å². The van der Waals surface area contributed by atoms with Gasteiger partial charge in [0.15, 0.2) is 23.1 Å². The minimum atomic E-state index is 0.576. The van der Waals surface area contributed by atoms with Gasteiger partial charge in [-0.15, -0.1) is 0 Å². The molecule has 4 rings (SSSR count). The number of benzene rings is 1. The maximum Gasteiger partial charge on any atom is 0.174 e. The number of aromatic nitrogens is 2. The third-order valence-electron chi connectivity index (χ3n) is 3.22. The van der Waals surface area contributed by atoms with Crippen LogP contribution >= 0.6 is 0 Å². The van der Waals surface area contributed by atoms with E-state index in [0.29, 0.717) is 13.2 Å². The molecule has 0 spiro atoms. The third-order valence-corrected chi connectivity index (χ3v) is 3.22. The Hall–Kier alpha value is -2.43. The van der Waals surface area contributed by atoms with E-state index in [0.717, 1.165) is 39.7 Å².